The highest BCUT2D eigenvalue weighted by molar-refractivity contribution is 5.84. The summed E-state index contributed by atoms with van der Waals surface area (Å²) in [6.45, 7) is 11.1. The lowest BCUT2D eigenvalue weighted by molar-refractivity contribution is -0.132. The number of carbonyl (C=O) groups is 2. The van der Waals surface area contributed by atoms with E-state index in [1.165, 1.54) is 6.92 Å². The fraction of sp³-hybridized carbons (Fsp3) is 0.500. The fourth-order valence-electron chi connectivity index (χ4n) is 1.32. The van der Waals surface area contributed by atoms with E-state index in [4.69, 9.17) is 5.11 Å². The van der Waals surface area contributed by atoms with E-state index in [0.717, 1.165) is 19.4 Å². The minimum absolute atomic E-state index is 0.176. The predicted molar refractivity (Wildman–Crippen MR) is 62.8 cm³/mol. The van der Waals surface area contributed by atoms with Gasteiger partial charge in [-0.15, -0.1) is 0 Å². The van der Waals surface area contributed by atoms with Crippen LogP contribution in [-0.4, -0.2) is 28.4 Å². The third-order valence-electron chi connectivity index (χ3n) is 2.43. The van der Waals surface area contributed by atoms with Gasteiger partial charge in [-0.05, 0) is 26.0 Å². The summed E-state index contributed by atoms with van der Waals surface area (Å²) >= 11 is 0. The number of aliphatic carboxylic acids is 1. The van der Waals surface area contributed by atoms with Crippen LogP contribution in [-0.2, 0) is 9.59 Å². The summed E-state index contributed by atoms with van der Waals surface area (Å²) in [5.41, 5.74) is 0.176. The molecule has 0 aliphatic carbocycles. The Labute approximate surface area is 96.3 Å². The molecule has 1 rings (SSSR count). The molecule has 0 aromatic rings. The van der Waals surface area contributed by atoms with Gasteiger partial charge < -0.3 is 10.0 Å². The summed E-state index contributed by atoms with van der Waals surface area (Å²) in [6, 6.07) is 0. The van der Waals surface area contributed by atoms with Crippen molar-refractivity contribution in [2.24, 2.45) is 5.92 Å². The smallest absolute Gasteiger partial charge is 0.330 e. The number of hydrogen-bond acceptors (Lipinski definition) is 2. The molecule has 0 aromatic carbocycles. The van der Waals surface area contributed by atoms with Gasteiger partial charge >= 0.3 is 5.97 Å². The Morgan fingerprint density at radius 3 is 2.38 bits per heavy atom. The van der Waals surface area contributed by atoms with Crippen LogP contribution in [0.5, 0.6) is 0 Å². The number of carboxylic acid groups (broad SMARTS) is 1. The van der Waals surface area contributed by atoms with Gasteiger partial charge in [0.2, 0.25) is 5.91 Å². The van der Waals surface area contributed by atoms with Gasteiger partial charge in [0, 0.05) is 18.0 Å². The van der Waals surface area contributed by atoms with Crippen LogP contribution in [0, 0.1) is 5.92 Å². The predicted octanol–water partition coefficient (Wildman–Crippen LogP) is 2.04. The minimum atomic E-state index is -0.935. The molecule has 1 fully saturated rings. The maximum Gasteiger partial charge on any atom is 0.330 e. The second-order valence-electron chi connectivity index (χ2n) is 3.69. The molecule has 0 radical (unpaired) electrons. The summed E-state index contributed by atoms with van der Waals surface area (Å²) in [5, 5.41) is 7.89. The van der Waals surface area contributed by atoms with Crippen LogP contribution in [0.3, 0.4) is 0 Å². The van der Waals surface area contributed by atoms with Crippen molar-refractivity contribution < 1.29 is 14.7 Å². The molecule has 90 valence electrons. The molecule has 1 unspecified atom stereocenters. The summed E-state index contributed by atoms with van der Waals surface area (Å²) in [5.74, 6) is -0.425. The highest BCUT2D eigenvalue weighted by Gasteiger charge is 2.27. The van der Waals surface area contributed by atoms with Gasteiger partial charge in [-0.25, -0.2) is 4.79 Å². The Kier molecular flexibility index (Phi) is 6.15. The van der Waals surface area contributed by atoms with Gasteiger partial charge in [-0.3, -0.25) is 4.79 Å². The molecule has 4 heteroatoms. The number of nitrogens with zero attached hydrogens (tertiary/aromatic N) is 1. The van der Waals surface area contributed by atoms with E-state index in [1.54, 1.807) is 11.1 Å². The first kappa shape index (κ1) is 14.4. The zero-order valence-corrected chi connectivity index (χ0v) is 9.90. The molecule has 1 saturated heterocycles. The molecule has 0 saturated carbocycles. The van der Waals surface area contributed by atoms with Crippen molar-refractivity contribution >= 4 is 11.9 Å². The Hall–Kier alpha value is -1.58. The third kappa shape index (κ3) is 4.29. The van der Waals surface area contributed by atoms with Crippen LogP contribution < -0.4 is 0 Å². The largest absolute Gasteiger partial charge is 0.478 e. The molecular formula is C12H19NO3. The van der Waals surface area contributed by atoms with Crippen molar-refractivity contribution in [3.63, 3.8) is 0 Å². The highest BCUT2D eigenvalue weighted by Crippen LogP contribution is 2.20. The molecule has 1 N–H and O–H groups in total. The average molecular weight is 225 g/mol. The lowest BCUT2D eigenvalue weighted by atomic mass is 10.1. The lowest BCUT2D eigenvalue weighted by Gasteiger charge is -2.08. The monoisotopic (exact) mass is 225 g/mol. The van der Waals surface area contributed by atoms with Crippen molar-refractivity contribution in [2.45, 2.75) is 26.7 Å². The van der Waals surface area contributed by atoms with Crippen LogP contribution in [0.2, 0.25) is 0 Å². The summed E-state index contributed by atoms with van der Waals surface area (Å²) < 4.78 is 0. The maximum absolute atomic E-state index is 11.2. The Morgan fingerprint density at radius 1 is 1.69 bits per heavy atom. The molecule has 1 heterocycles. The second-order valence-corrected chi connectivity index (χ2v) is 3.69. The minimum Gasteiger partial charge on any atom is -0.478 e. The van der Waals surface area contributed by atoms with Crippen molar-refractivity contribution in [3.8, 4) is 0 Å². The van der Waals surface area contributed by atoms with Gasteiger partial charge in [-0.1, -0.05) is 20.1 Å². The molecule has 16 heavy (non-hydrogen) atoms. The third-order valence-corrected chi connectivity index (χ3v) is 2.43. The molecule has 0 spiro atoms. The summed E-state index contributed by atoms with van der Waals surface area (Å²) in [6.07, 6.45) is 3.59. The zero-order valence-electron chi connectivity index (χ0n) is 9.90. The Morgan fingerprint density at radius 2 is 2.19 bits per heavy atom. The van der Waals surface area contributed by atoms with E-state index in [0.29, 0.717) is 0 Å². The van der Waals surface area contributed by atoms with E-state index in [-0.39, 0.29) is 17.4 Å². The van der Waals surface area contributed by atoms with Crippen molar-refractivity contribution in [2.75, 3.05) is 6.54 Å². The number of carboxylic acids is 1. The molecule has 1 atom stereocenters. The van der Waals surface area contributed by atoms with Gasteiger partial charge in [0.15, 0.2) is 0 Å². The number of hydrogen-bond donors (Lipinski definition) is 1. The standard InChI is InChI=1S/C8H13NO.C4H6O2/c1-3-7-5-6-9(4-2)8(7)10;1-3(2)4(5)6/h4,7H,2-3,5-6H2,1H3;1H2,2H3,(H,5,6). The molecule has 4 nitrogen and oxygen atoms in total. The maximum atomic E-state index is 11.2. The molecular weight excluding hydrogens is 206 g/mol. The zero-order chi connectivity index (χ0) is 12.7. The van der Waals surface area contributed by atoms with Gasteiger partial charge in [0.25, 0.3) is 0 Å². The van der Waals surface area contributed by atoms with Gasteiger partial charge in [-0.2, -0.15) is 0 Å². The Bertz CT molecular complexity index is 285. The first-order valence-corrected chi connectivity index (χ1v) is 5.25. The summed E-state index contributed by atoms with van der Waals surface area (Å²) in [7, 11) is 0. The molecule has 0 bridgehead atoms. The quantitative estimate of drug-likeness (QED) is 0.748. The SMILES string of the molecule is C=C(C)C(=O)O.C=CN1CCC(CC)C1=O. The normalized spacial score (nSPS) is 18.8. The highest BCUT2D eigenvalue weighted by atomic mass is 16.4. The number of rotatable bonds is 3. The van der Waals surface area contributed by atoms with Crippen molar-refractivity contribution in [1.82, 2.24) is 4.90 Å². The number of amides is 1. The molecule has 1 amide bonds. The van der Waals surface area contributed by atoms with Crippen molar-refractivity contribution in [3.05, 3.63) is 24.9 Å². The van der Waals surface area contributed by atoms with Crippen LogP contribution >= 0.6 is 0 Å². The molecule has 1 aliphatic rings. The first-order valence-electron chi connectivity index (χ1n) is 5.25. The fourth-order valence-corrected chi connectivity index (χ4v) is 1.32. The second kappa shape index (κ2) is 6.82. The van der Waals surface area contributed by atoms with E-state index in [1.807, 2.05) is 0 Å². The van der Waals surface area contributed by atoms with Crippen LogP contribution in [0.1, 0.15) is 26.7 Å². The van der Waals surface area contributed by atoms with Crippen molar-refractivity contribution in [1.29, 1.82) is 0 Å². The summed E-state index contributed by atoms with van der Waals surface area (Å²) in [4.78, 5) is 22.5. The first-order chi connectivity index (χ1) is 7.43. The molecule has 0 aromatic heterocycles. The van der Waals surface area contributed by atoms with Crippen LogP contribution in [0.25, 0.3) is 0 Å². The Balaban J connectivity index is 0.000000325. The molecule has 1 aliphatic heterocycles. The van der Waals surface area contributed by atoms with E-state index in [2.05, 4.69) is 20.1 Å². The number of carbonyl (C=O) groups excluding carboxylic acids is 1. The number of likely N-dealkylation sites (tertiary alicyclic amines) is 1. The van der Waals surface area contributed by atoms with E-state index in [9.17, 15) is 9.59 Å². The van der Waals surface area contributed by atoms with Crippen LogP contribution in [0.4, 0.5) is 0 Å². The van der Waals surface area contributed by atoms with Crippen LogP contribution in [0.15, 0.2) is 24.9 Å². The van der Waals surface area contributed by atoms with E-state index < -0.39 is 5.97 Å². The lowest BCUT2D eigenvalue weighted by Crippen LogP contribution is -2.20. The van der Waals surface area contributed by atoms with Gasteiger partial charge in [0.05, 0.1) is 0 Å². The van der Waals surface area contributed by atoms with Gasteiger partial charge in [0.1, 0.15) is 0 Å². The van der Waals surface area contributed by atoms with E-state index >= 15 is 0 Å². The topological polar surface area (TPSA) is 57.6 Å². The average Bonchev–Trinajstić information content (AvgIpc) is 2.59.